The number of hydrogen-bond acceptors (Lipinski definition) is 3. The van der Waals surface area contributed by atoms with Crippen molar-refractivity contribution >= 4 is 33.7 Å². The van der Waals surface area contributed by atoms with Crippen LogP contribution < -0.4 is 5.32 Å². The molecule has 184 valence electrons. The highest BCUT2D eigenvalue weighted by Crippen LogP contribution is 2.37. The molecule has 0 atom stereocenters. The number of aromatic carboxylic acids is 1. The maximum Gasteiger partial charge on any atom is 0.335 e. The van der Waals surface area contributed by atoms with Gasteiger partial charge in [-0.3, -0.25) is 4.79 Å². The third kappa shape index (κ3) is 4.35. The SMILES string of the molecule is O=C(O)c1ccc2c(c1)nc(-c1ccc(C(=O)NCc3cccc4ccccc34)cc1)n2C1CCCC1. The van der Waals surface area contributed by atoms with Gasteiger partial charge >= 0.3 is 5.97 Å². The summed E-state index contributed by atoms with van der Waals surface area (Å²) >= 11 is 0. The molecule has 0 unspecified atom stereocenters. The first-order valence-electron chi connectivity index (χ1n) is 12.7. The number of amides is 1. The third-order valence-electron chi connectivity index (χ3n) is 7.35. The van der Waals surface area contributed by atoms with E-state index in [1.54, 1.807) is 12.1 Å². The fourth-order valence-corrected chi connectivity index (χ4v) is 5.46. The second-order valence-corrected chi connectivity index (χ2v) is 9.65. The van der Waals surface area contributed by atoms with E-state index in [0.717, 1.165) is 46.1 Å². The molecular weight excluding hydrogens is 462 g/mol. The minimum absolute atomic E-state index is 0.130. The first-order valence-corrected chi connectivity index (χ1v) is 12.7. The molecule has 1 aromatic heterocycles. The first-order chi connectivity index (χ1) is 18.1. The van der Waals surface area contributed by atoms with Crippen LogP contribution in [0.25, 0.3) is 33.2 Å². The van der Waals surface area contributed by atoms with Gasteiger partial charge in [0.2, 0.25) is 0 Å². The van der Waals surface area contributed by atoms with Gasteiger partial charge in [0, 0.05) is 23.7 Å². The van der Waals surface area contributed by atoms with Gasteiger partial charge < -0.3 is 15.0 Å². The predicted octanol–water partition coefficient (Wildman–Crippen LogP) is 6.60. The van der Waals surface area contributed by atoms with Crippen LogP contribution in [0.1, 0.15) is 58.0 Å². The summed E-state index contributed by atoms with van der Waals surface area (Å²) in [5.74, 6) is -0.278. The molecule has 37 heavy (non-hydrogen) atoms. The number of imidazole rings is 1. The van der Waals surface area contributed by atoms with Crippen molar-refractivity contribution in [2.75, 3.05) is 0 Å². The van der Waals surface area contributed by atoms with Crippen LogP contribution >= 0.6 is 0 Å². The number of carboxylic acid groups (broad SMARTS) is 1. The van der Waals surface area contributed by atoms with E-state index in [-0.39, 0.29) is 11.5 Å². The molecule has 1 aliphatic carbocycles. The Morgan fingerprint density at radius 1 is 0.892 bits per heavy atom. The van der Waals surface area contributed by atoms with Crippen molar-refractivity contribution in [3.8, 4) is 11.4 Å². The van der Waals surface area contributed by atoms with Gasteiger partial charge in [-0.25, -0.2) is 9.78 Å². The van der Waals surface area contributed by atoms with Gasteiger partial charge in [0.1, 0.15) is 5.82 Å². The molecule has 0 spiro atoms. The monoisotopic (exact) mass is 489 g/mol. The van der Waals surface area contributed by atoms with E-state index < -0.39 is 5.97 Å². The molecule has 5 aromatic rings. The molecule has 0 saturated heterocycles. The lowest BCUT2D eigenvalue weighted by atomic mass is 10.0. The topological polar surface area (TPSA) is 84.2 Å². The summed E-state index contributed by atoms with van der Waals surface area (Å²) in [5, 5.41) is 14.8. The highest BCUT2D eigenvalue weighted by Gasteiger charge is 2.24. The summed E-state index contributed by atoms with van der Waals surface area (Å²) in [6, 6.07) is 27.3. The number of hydrogen-bond donors (Lipinski definition) is 2. The van der Waals surface area contributed by atoms with Crippen LogP contribution in [-0.4, -0.2) is 26.5 Å². The van der Waals surface area contributed by atoms with Gasteiger partial charge in [-0.1, -0.05) is 67.4 Å². The average molecular weight is 490 g/mol. The van der Waals surface area contributed by atoms with E-state index in [1.807, 2.05) is 54.6 Å². The minimum Gasteiger partial charge on any atom is -0.478 e. The van der Waals surface area contributed by atoms with E-state index >= 15 is 0 Å². The van der Waals surface area contributed by atoms with Crippen LogP contribution in [0.5, 0.6) is 0 Å². The molecule has 6 heteroatoms. The minimum atomic E-state index is -0.960. The Bertz CT molecular complexity index is 1620. The van der Waals surface area contributed by atoms with Gasteiger partial charge in [0.05, 0.1) is 16.6 Å². The smallest absolute Gasteiger partial charge is 0.335 e. The molecule has 6 rings (SSSR count). The molecular formula is C31H27N3O3. The van der Waals surface area contributed by atoms with E-state index in [9.17, 15) is 14.7 Å². The molecule has 1 heterocycles. The number of rotatable bonds is 6. The lowest BCUT2D eigenvalue weighted by Crippen LogP contribution is -2.22. The number of benzene rings is 4. The number of fused-ring (bicyclic) bond motifs is 2. The van der Waals surface area contributed by atoms with Crippen LogP contribution in [0.3, 0.4) is 0 Å². The number of carbonyl (C=O) groups excluding carboxylic acids is 1. The Labute approximate surface area is 214 Å². The Hall–Kier alpha value is -4.45. The fourth-order valence-electron chi connectivity index (χ4n) is 5.46. The van der Waals surface area contributed by atoms with E-state index in [4.69, 9.17) is 4.98 Å². The lowest BCUT2D eigenvalue weighted by molar-refractivity contribution is 0.0696. The van der Waals surface area contributed by atoms with Crippen LogP contribution in [0.2, 0.25) is 0 Å². The molecule has 0 bridgehead atoms. The van der Waals surface area contributed by atoms with Gasteiger partial charge in [0.15, 0.2) is 0 Å². The fraction of sp³-hybridized carbons (Fsp3) is 0.194. The Morgan fingerprint density at radius 2 is 1.62 bits per heavy atom. The van der Waals surface area contributed by atoms with Crippen molar-refractivity contribution in [2.45, 2.75) is 38.3 Å². The number of carbonyl (C=O) groups is 2. The molecule has 0 radical (unpaired) electrons. The van der Waals surface area contributed by atoms with Crippen LogP contribution in [0.15, 0.2) is 84.9 Å². The van der Waals surface area contributed by atoms with Gasteiger partial charge in [-0.05, 0) is 59.5 Å². The number of nitrogens with one attached hydrogen (secondary N) is 1. The average Bonchev–Trinajstić information content (AvgIpc) is 3.59. The van der Waals surface area contributed by atoms with Crippen molar-refractivity contribution in [2.24, 2.45) is 0 Å². The summed E-state index contributed by atoms with van der Waals surface area (Å²) in [6.45, 7) is 0.450. The molecule has 1 amide bonds. The van der Waals surface area contributed by atoms with E-state index in [0.29, 0.717) is 23.7 Å². The van der Waals surface area contributed by atoms with E-state index in [2.05, 4.69) is 28.1 Å². The molecule has 6 nitrogen and oxygen atoms in total. The first kappa shape index (κ1) is 23.0. The van der Waals surface area contributed by atoms with E-state index in [1.165, 1.54) is 12.8 Å². The summed E-state index contributed by atoms with van der Waals surface area (Å²) in [4.78, 5) is 29.3. The van der Waals surface area contributed by atoms with Crippen molar-refractivity contribution in [3.63, 3.8) is 0 Å². The number of aromatic nitrogens is 2. The van der Waals surface area contributed by atoms with Crippen molar-refractivity contribution in [3.05, 3.63) is 102 Å². The highest BCUT2D eigenvalue weighted by molar-refractivity contribution is 5.96. The molecule has 1 saturated carbocycles. The zero-order valence-electron chi connectivity index (χ0n) is 20.4. The maximum atomic E-state index is 12.9. The van der Waals surface area contributed by atoms with Gasteiger partial charge in [-0.15, -0.1) is 0 Å². The van der Waals surface area contributed by atoms with Crippen LogP contribution in [0, 0.1) is 0 Å². The summed E-state index contributed by atoms with van der Waals surface area (Å²) < 4.78 is 2.25. The number of carboxylic acids is 1. The standard InChI is InChI=1S/C31H27N3O3/c35-30(32-19-24-8-5-7-20-6-1-4-11-26(20)24)22-14-12-21(13-15-22)29-33-27-18-23(31(36)37)16-17-28(27)34(29)25-9-2-3-10-25/h1,4-8,11-18,25H,2-3,9-10,19H2,(H,32,35)(H,36,37). The summed E-state index contributed by atoms with van der Waals surface area (Å²) in [6.07, 6.45) is 4.50. The van der Waals surface area contributed by atoms with Crippen molar-refractivity contribution < 1.29 is 14.7 Å². The predicted molar refractivity (Wildman–Crippen MR) is 145 cm³/mol. The largest absolute Gasteiger partial charge is 0.478 e. The normalized spacial score (nSPS) is 13.8. The van der Waals surface area contributed by atoms with Crippen molar-refractivity contribution in [1.82, 2.24) is 14.9 Å². The second kappa shape index (κ2) is 9.54. The summed E-state index contributed by atoms with van der Waals surface area (Å²) in [5.41, 5.74) is 4.43. The van der Waals surface area contributed by atoms with Gasteiger partial charge in [0.25, 0.3) is 5.91 Å². The third-order valence-corrected chi connectivity index (χ3v) is 7.35. The molecule has 1 aliphatic rings. The quantitative estimate of drug-likeness (QED) is 0.281. The van der Waals surface area contributed by atoms with Gasteiger partial charge in [-0.2, -0.15) is 0 Å². The van der Waals surface area contributed by atoms with Crippen LogP contribution in [0.4, 0.5) is 0 Å². The molecule has 0 aliphatic heterocycles. The van der Waals surface area contributed by atoms with Crippen LogP contribution in [-0.2, 0) is 6.54 Å². The van der Waals surface area contributed by atoms with Crippen molar-refractivity contribution in [1.29, 1.82) is 0 Å². The zero-order valence-corrected chi connectivity index (χ0v) is 20.4. The molecule has 1 fully saturated rings. The lowest BCUT2D eigenvalue weighted by Gasteiger charge is -2.17. The summed E-state index contributed by atoms with van der Waals surface area (Å²) in [7, 11) is 0. The molecule has 4 aromatic carbocycles. The maximum absolute atomic E-state index is 12.9. The Kier molecular flexibility index (Phi) is 5.93. The zero-order chi connectivity index (χ0) is 25.4. The number of nitrogens with zero attached hydrogens (tertiary/aromatic N) is 2. The Balaban J connectivity index is 1.27. The second-order valence-electron chi connectivity index (χ2n) is 9.65. The highest BCUT2D eigenvalue weighted by atomic mass is 16.4. The Morgan fingerprint density at radius 3 is 2.41 bits per heavy atom. The molecule has 2 N–H and O–H groups in total.